The largest absolute Gasteiger partial charge is 0.380 e. The smallest absolute Gasteiger partial charge is 0.257 e. The molecule has 3 aromatic heterocycles. The van der Waals surface area contributed by atoms with Crippen LogP contribution in [-0.2, 0) is 11.3 Å². The van der Waals surface area contributed by atoms with Gasteiger partial charge in [0.2, 0.25) is 0 Å². The first-order chi connectivity index (χ1) is 17.5. The maximum Gasteiger partial charge on any atom is 0.257 e. The summed E-state index contributed by atoms with van der Waals surface area (Å²) in [6.45, 7) is 8.34. The summed E-state index contributed by atoms with van der Waals surface area (Å²) in [7, 11) is 0. The molecule has 0 saturated heterocycles. The number of ether oxygens (including phenoxy) is 1. The minimum Gasteiger partial charge on any atom is -0.380 e. The zero-order chi connectivity index (χ0) is 25.5. The van der Waals surface area contributed by atoms with E-state index >= 15 is 0 Å². The Labute approximate surface area is 218 Å². The first kappa shape index (κ1) is 25.9. The third-order valence-electron chi connectivity index (χ3n) is 5.32. The van der Waals surface area contributed by atoms with Crippen molar-refractivity contribution in [2.45, 2.75) is 32.5 Å². The van der Waals surface area contributed by atoms with Crippen LogP contribution in [0.1, 0.15) is 30.0 Å². The molecule has 190 valence electrons. The molecule has 0 saturated carbocycles. The van der Waals surface area contributed by atoms with Gasteiger partial charge in [0.15, 0.2) is 10.8 Å². The lowest BCUT2D eigenvalue weighted by atomic mass is 10.1. The number of fused-ring (bicyclic) bond motifs is 1. The number of aromatic nitrogens is 5. The molecule has 0 spiro atoms. The van der Waals surface area contributed by atoms with Gasteiger partial charge >= 0.3 is 0 Å². The van der Waals surface area contributed by atoms with Crippen molar-refractivity contribution < 1.29 is 14.1 Å². The Balaban J connectivity index is 1.49. The van der Waals surface area contributed by atoms with Crippen LogP contribution in [0.3, 0.4) is 0 Å². The fraction of sp³-hybridized carbons (Fsp3) is 0.375. The number of carbonyl (C=O) groups is 1. The number of carbonyl (C=O) groups excluding carboxylic acids is 1. The second kappa shape index (κ2) is 12.2. The van der Waals surface area contributed by atoms with Gasteiger partial charge in [-0.25, -0.2) is 14.6 Å². The number of hydrogen-bond acceptors (Lipinski definition) is 9. The Morgan fingerprint density at radius 1 is 1.22 bits per heavy atom. The van der Waals surface area contributed by atoms with E-state index in [0.29, 0.717) is 71.3 Å². The summed E-state index contributed by atoms with van der Waals surface area (Å²) in [5.41, 5.74) is 2.11. The van der Waals surface area contributed by atoms with Gasteiger partial charge in [-0.2, -0.15) is 5.10 Å². The molecule has 0 aliphatic heterocycles. The van der Waals surface area contributed by atoms with E-state index in [1.54, 1.807) is 41.7 Å². The molecule has 2 N–H and O–H groups in total. The summed E-state index contributed by atoms with van der Waals surface area (Å²) in [5, 5.41) is 16.8. The van der Waals surface area contributed by atoms with Crippen molar-refractivity contribution in [2.24, 2.45) is 0 Å². The highest BCUT2D eigenvalue weighted by Gasteiger charge is 2.23. The minimum atomic E-state index is -0.296. The number of nitrogens with zero attached hydrogens (tertiary/aromatic N) is 5. The van der Waals surface area contributed by atoms with Gasteiger partial charge in [-0.3, -0.25) is 4.79 Å². The van der Waals surface area contributed by atoms with Crippen LogP contribution >= 0.6 is 23.4 Å². The summed E-state index contributed by atoms with van der Waals surface area (Å²) >= 11 is 7.87. The normalized spacial score (nSPS) is 11.2. The van der Waals surface area contributed by atoms with Crippen molar-refractivity contribution in [3.63, 3.8) is 0 Å². The Bertz CT molecular complexity index is 1340. The number of rotatable bonds is 12. The van der Waals surface area contributed by atoms with Crippen molar-refractivity contribution in [1.82, 2.24) is 30.2 Å². The van der Waals surface area contributed by atoms with Crippen LogP contribution in [0.15, 0.2) is 40.1 Å². The van der Waals surface area contributed by atoms with Crippen LogP contribution in [0.4, 0.5) is 5.82 Å². The highest BCUT2D eigenvalue weighted by Crippen LogP contribution is 2.31. The van der Waals surface area contributed by atoms with Gasteiger partial charge in [-0.05, 0) is 25.7 Å². The number of benzene rings is 1. The number of aryl methyl sites for hydroxylation is 1. The molecule has 0 bridgehead atoms. The molecule has 10 nitrogen and oxygen atoms in total. The Morgan fingerprint density at radius 2 is 2.06 bits per heavy atom. The standard InChI is InChI=1S/C24H28ClN7O3S/c1-4-34-13-11-26-21-17-14-28-32(22(17)30-24(29-21)36-5-2)12-10-27-23(33)19-15(3)35-31-20(19)16-8-6-7-9-18(16)25/h6-9,14H,4-5,10-13H2,1-3H3,(H,27,33)(H,26,29,30). The van der Waals surface area contributed by atoms with Gasteiger partial charge in [-0.15, -0.1) is 0 Å². The fourth-order valence-electron chi connectivity index (χ4n) is 3.65. The van der Waals surface area contributed by atoms with E-state index in [2.05, 4.69) is 37.8 Å². The molecule has 0 fully saturated rings. The van der Waals surface area contributed by atoms with Gasteiger partial charge in [0.25, 0.3) is 5.91 Å². The van der Waals surface area contributed by atoms with Crippen molar-refractivity contribution in [3.05, 3.63) is 46.8 Å². The molecular weight excluding hydrogens is 502 g/mol. The van der Waals surface area contributed by atoms with Crippen LogP contribution < -0.4 is 10.6 Å². The third-order valence-corrected chi connectivity index (χ3v) is 6.38. The highest BCUT2D eigenvalue weighted by molar-refractivity contribution is 7.99. The van der Waals surface area contributed by atoms with Crippen LogP contribution in [0.25, 0.3) is 22.3 Å². The molecule has 3 heterocycles. The second-order valence-corrected chi connectivity index (χ2v) is 9.35. The number of halogens is 1. The first-order valence-electron chi connectivity index (χ1n) is 11.7. The Hall–Kier alpha value is -3.15. The molecule has 4 rings (SSSR count). The first-order valence-corrected chi connectivity index (χ1v) is 13.1. The molecule has 12 heteroatoms. The second-order valence-electron chi connectivity index (χ2n) is 7.71. The van der Waals surface area contributed by atoms with Gasteiger partial charge in [0.05, 0.1) is 29.8 Å². The van der Waals surface area contributed by atoms with E-state index in [1.807, 2.05) is 19.1 Å². The van der Waals surface area contributed by atoms with Gasteiger partial charge in [0.1, 0.15) is 22.8 Å². The molecule has 1 amide bonds. The SMILES string of the molecule is CCOCCNc1nc(SCC)nc2c1cnn2CCNC(=O)c1c(-c2ccccc2Cl)noc1C. The van der Waals surface area contributed by atoms with E-state index in [-0.39, 0.29) is 5.91 Å². The molecular formula is C24H28ClN7O3S. The maximum atomic E-state index is 13.1. The molecule has 36 heavy (non-hydrogen) atoms. The Kier molecular flexibility index (Phi) is 8.79. The summed E-state index contributed by atoms with van der Waals surface area (Å²) in [6, 6.07) is 7.21. The van der Waals surface area contributed by atoms with Crippen molar-refractivity contribution >= 4 is 46.1 Å². The van der Waals surface area contributed by atoms with Gasteiger partial charge < -0.3 is 19.9 Å². The van der Waals surface area contributed by atoms with Gasteiger partial charge in [0, 0.05) is 25.3 Å². The zero-order valence-corrected chi connectivity index (χ0v) is 21.9. The van der Waals surface area contributed by atoms with Crippen LogP contribution in [0.5, 0.6) is 0 Å². The quantitative estimate of drug-likeness (QED) is 0.156. The molecule has 0 aliphatic rings. The predicted octanol–water partition coefficient (Wildman–Crippen LogP) is 4.43. The van der Waals surface area contributed by atoms with E-state index in [4.69, 9.17) is 20.9 Å². The van der Waals surface area contributed by atoms with E-state index in [9.17, 15) is 4.79 Å². The molecule has 1 aromatic carbocycles. The maximum absolute atomic E-state index is 13.1. The molecule has 4 aromatic rings. The number of anilines is 1. The molecule has 0 radical (unpaired) electrons. The van der Waals surface area contributed by atoms with Gasteiger partial charge in [-0.1, -0.05) is 53.6 Å². The average molecular weight is 530 g/mol. The molecule has 0 aliphatic carbocycles. The molecule has 0 atom stereocenters. The number of hydrogen-bond donors (Lipinski definition) is 2. The fourth-order valence-corrected chi connectivity index (χ4v) is 4.44. The predicted molar refractivity (Wildman–Crippen MR) is 141 cm³/mol. The van der Waals surface area contributed by atoms with E-state index in [0.717, 1.165) is 17.0 Å². The van der Waals surface area contributed by atoms with Crippen LogP contribution in [-0.4, -0.2) is 62.9 Å². The van der Waals surface area contributed by atoms with Crippen LogP contribution in [0, 0.1) is 6.92 Å². The highest BCUT2D eigenvalue weighted by atomic mass is 35.5. The summed E-state index contributed by atoms with van der Waals surface area (Å²) in [4.78, 5) is 22.4. The lowest BCUT2D eigenvalue weighted by molar-refractivity contribution is 0.0951. The minimum absolute atomic E-state index is 0.296. The zero-order valence-electron chi connectivity index (χ0n) is 20.4. The average Bonchev–Trinajstić information content (AvgIpc) is 3.46. The van der Waals surface area contributed by atoms with Crippen LogP contribution in [0.2, 0.25) is 5.02 Å². The topological polar surface area (TPSA) is 120 Å². The van der Waals surface area contributed by atoms with Crippen molar-refractivity contribution in [2.75, 3.05) is 37.4 Å². The van der Waals surface area contributed by atoms with Crippen molar-refractivity contribution in [3.8, 4) is 11.3 Å². The summed E-state index contributed by atoms with van der Waals surface area (Å²) in [6.07, 6.45) is 1.74. The number of nitrogens with one attached hydrogen (secondary N) is 2. The molecule has 0 unspecified atom stereocenters. The summed E-state index contributed by atoms with van der Waals surface area (Å²) < 4.78 is 12.5. The van der Waals surface area contributed by atoms with Crippen molar-refractivity contribution in [1.29, 1.82) is 0 Å². The summed E-state index contributed by atoms with van der Waals surface area (Å²) in [5.74, 6) is 1.69. The number of thioether (sulfide) groups is 1. The lowest BCUT2D eigenvalue weighted by Crippen LogP contribution is -2.28. The van der Waals surface area contributed by atoms with E-state index in [1.165, 1.54) is 0 Å². The third kappa shape index (κ3) is 5.80. The van der Waals surface area contributed by atoms with E-state index < -0.39 is 0 Å². The Morgan fingerprint density at radius 3 is 2.83 bits per heavy atom. The number of amides is 1. The monoisotopic (exact) mass is 529 g/mol. The lowest BCUT2D eigenvalue weighted by Gasteiger charge is -2.10.